The first-order valence-electron chi connectivity index (χ1n) is 19.9. The van der Waals surface area contributed by atoms with Crippen LogP contribution in [0.15, 0.2) is 43.4 Å². The van der Waals surface area contributed by atoms with Crippen LogP contribution in [0.2, 0.25) is 0 Å². The third-order valence-electron chi connectivity index (χ3n) is 11.8. The molecule has 4 N–H and O–H groups in total. The summed E-state index contributed by atoms with van der Waals surface area (Å²) in [6, 6.07) is 7.87. The quantitative estimate of drug-likeness (QED) is 0.0965. The number of aromatic nitrogens is 8. The predicted molar refractivity (Wildman–Crippen MR) is 221 cm³/mol. The van der Waals surface area contributed by atoms with Gasteiger partial charge in [-0.15, -0.1) is 0 Å². The number of benzene rings is 2. The lowest BCUT2D eigenvalue weighted by Gasteiger charge is -2.31. The average Bonchev–Trinajstić information content (AvgIpc) is 3.21. The van der Waals surface area contributed by atoms with Crippen LogP contribution in [0, 0.1) is 51.0 Å². The van der Waals surface area contributed by atoms with Gasteiger partial charge < -0.3 is 24.0 Å². The van der Waals surface area contributed by atoms with Crippen LogP contribution in [0.4, 0.5) is 0 Å². The molecule has 0 unspecified atom stereocenters. The Hall–Kier alpha value is -6.65. The summed E-state index contributed by atoms with van der Waals surface area (Å²) < 4.78 is 3.76. The fraction of sp³-hybridized carbons (Fsp3) is 0.439. The van der Waals surface area contributed by atoms with Gasteiger partial charge in [-0.05, 0) is 126 Å². The van der Waals surface area contributed by atoms with Gasteiger partial charge in [0.1, 0.15) is 0 Å². The van der Waals surface area contributed by atoms with Crippen LogP contribution in [-0.4, -0.2) is 105 Å². The van der Waals surface area contributed by atoms with E-state index in [-0.39, 0.29) is 40.8 Å². The SMILES string of the molecule is Cc1cc2nc3c(=O)[nH]c(=O)nc-3n(CCN3CCC(C(=O)NC#N)CC3)c2cc1C.Cc1cc2nc3c(=O)[nH]c(=O)nc-3n(CCN3CCC(C(=O)O)CC3)c2cc1C. The molecule has 19 nitrogen and oxygen atoms in total. The van der Waals surface area contributed by atoms with Crippen LogP contribution in [0.1, 0.15) is 47.9 Å². The number of rotatable bonds is 8. The number of carboxylic acids is 1. The Balaban J connectivity index is 0.000000182. The highest BCUT2D eigenvalue weighted by atomic mass is 16.4. The van der Waals surface area contributed by atoms with Gasteiger partial charge in [-0.2, -0.15) is 15.2 Å². The summed E-state index contributed by atoms with van der Waals surface area (Å²) in [5.41, 5.74) is 5.09. The highest BCUT2D eigenvalue weighted by Gasteiger charge is 2.27. The lowest BCUT2D eigenvalue weighted by molar-refractivity contribution is -0.143. The number of aryl methyl sites for hydroxylation is 4. The first kappa shape index (κ1) is 41.5. The molecule has 6 aliphatic rings. The van der Waals surface area contributed by atoms with Crippen molar-refractivity contribution in [2.45, 2.75) is 66.5 Å². The monoisotopic (exact) mass is 818 g/mol. The molecule has 8 rings (SSSR count). The summed E-state index contributed by atoms with van der Waals surface area (Å²) in [5.74, 6) is -0.847. The van der Waals surface area contributed by atoms with Gasteiger partial charge in [0.2, 0.25) is 5.91 Å². The number of carboxylic acid groups (broad SMARTS) is 1. The Morgan fingerprint density at radius 2 is 1.07 bits per heavy atom. The summed E-state index contributed by atoms with van der Waals surface area (Å²) in [7, 11) is 0. The molecule has 0 spiro atoms. The Morgan fingerprint density at radius 1 is 0.667 bits per heavy atom. The highest BCUT2D eigenvalue weighted by molar-refractivity contribution is 5.82. The molecule has 6 aliphatic heterocycles. The number of amides is 1. The first-order chi connectivity index (χ1) is 28.7. The number of carbonyl (C=O) groups excluding carboxylic acids is 1. The maximum Gasteiger partial charge on any atom is 0.349 e. The highest BCUT2D eigenvalue weighted by Crippen LogP contribution is 2.26. The number of carbonyl (C=O) groups is 2. The van der Waals surface area contributed by atoms with E-state index in [4.69, 9.17) is 10.4 Å². The molecule has 0 bridgehead atoms. The summed E-state index contributed by atoms with van der Waals surface area (Å²) >= 11 is 0. The van der Waals surface area contributed by atoms with Crippen molar-refractivity contribution in [1.82, 2.24) is 54.2 Å². The zero-order valence-electron chi connectivity index (χ0n) is 33.9. The smallest absolute Gasteiger partial charge is 0.349 e. The van der Waals surface area contributed by atoms with Gasteiger partial charge in [0.05, 0.1) is 28.0 Å². The third-order valence-corrected chi connectivity index (χ3v) is 11.8. The van der Waals surface area contributed by atoms with Crippen molar-refractivity contribution in [2.24, 2.45) is 11.8 Å². The molecule has 2 aromatic rings. The standard InChI is InChI=1S/C21H23N7O3.C20H23N5O4/c1-12-9-15-16(10-13(12)2)28(18-17(24-15)20(30)26-21(31)25-18)8-7-27-5-3-14(4-6-27)19(29)23-11-22;1-11-9-14-15(10-12(11)2)25(17-16(21-14)18(26)23-20(29)22-17)8-7-24-5-3-13(4-6-24)19(27)28/h9-10,14H,3-8H2,1-2H3,(H,23,29)(H,26,30,31);9-10,13H,3-8H2,1-2H3,(H,27,28)(H,23,26,29). The van der Waals surface area contributed by atoms with Crippen LogP contribution in [-0.2, 0) is 22.7 Å². The molecule has 60 heavy (non-hydrogen) atoms. The largest absolute Gasteiger partial charge is 0.481 e. The number of H-pyrrole nitrogens is 2. The summed E-state index contributed by atoms with van der Waals surface area (Å²) in [5, 5.41) is 20.0. The van der Waals surface area contributed by atoms with Crippen LogP contribution < -0.4 is 27.8 Å². The Kier molecular flexibility index (Phi) is 12.0. The van der Waals surface area contributed by atoms with Crippen LogP contribution in [0.5, 0.6) is 0 Å². The lowest BCUT2D eigenvalue weighted by atomic mass is 9.96. The molecule has 19 heteroatoms. The number of nitrogens with one attached hydrogen (secondary N) is 3. The number of nitriles is 1. The lowest BCUT2D eigenvalue weighted by Crippen LogP contribution is -2.40. The van der Waals surface area contributed by atoms with Crippen molar-refractivity contribution in [1.29, 1.82) is 5.26 Å². The molecule has 2 saturated heterocycles. The van der Waals surface area contributed by atoms with Crippen LogP contribution in [0.25, 0.3) is 45.1 Å². The molecule has 0 radical (unpaired) electrons. The van der Waals surface area contributed by atoms with Crippen molar-refractivity contribution in [3.05, 3.63) is 88.2 Å². The zero-order valence-corrected chi connectivity index (χ0v) is 33.9. The number of hydrogen-bond donors (Lipinski definition) is 4. The molecule has 312 valence electrons. The Morgan fingerprint density at radius 3 is 1.47 bits per heavy atom. The minimum absolute atomic E-state index is 0.141. The van der Waals surface area contributed by atoms with Crippen LogP contribution >= 0.6 is 0 Å². The van der Waals surface area contributed by atoms with E-state index in [9.17, 15) is 28.8 Å². The molecule has 0 aliphatic carbocycles. The topological polar surface area (TPSA) is 258 Å². The minimum atomic E-state index is -0.734. The summed E-state index contributed by atoms with van der Waals surface area (Å²) in [6.45, 7) is 13.2. The van der Waals surface area contributed by atoms with E-state index in [1.54, 1.807) is 6.19 Å². The van der Waals surface area contributed by atoms with E-state index in [1.807, 2.05) is 61.1 Å². The van der Waals surface area contributed by atoms with Gasteiger partial charge >= 0.3 is 17.3 Å². The van der Waals surface area contributed by atoms with Crippen molar-refractivity contribution >= 4 is 33.9 Å². The van der Waals surface area contributed by atoms with E-state index in [0.29, 0.717) is 76.0 Å². The van der Waals surface area contributed by atoms with Gasteiger partial charge in [0.25, 0.3) is 11.1 Å². The van der Waals surface area contributed by atoms with E-state index < -0.39 is 28.5 Å². The maximum atomic E-state index is 12.4. The van der Waals surface area contributed by atoms with E-state index in [0.717, 1.165) is 46.4 Å². The number of fused-ring (bicyclic) bond motifs is 4. The fourth-order valence-corrected chi connectivity index (χ4v) is 8.01. The average molecular weight is 819 g/mol. The predicted octanol–water partition coefficient (Wildman–Crippen LogP) is 1.51. The summed E-state index contributed by atoms with van der Waals surface area (Å²) in [6.07, 6.45) is 4.29. The normalized spacial score (nSPS) is 15.6. The number of hydrogen-bond acceptors (Lipinski definition) is 13. The molecular weight excluding hydrogens is 773 g/mol. The second-order valence-corrected chi connectivity index (χ2v) is 15.6. The van der Waals surface area contributed by atoms with Crippen molar-refractivity contribution < 1.29 is 14.7 Å². The molecule has 0 saturated carbocycles. The molecule has 2 fully saturated rings. The van der Waals surface area contributed by atoms with Crippen LogP contribution in [0.3, 0.4) is 0 Å². The molecule has 0 atom stereocenters. The van der Waals surface area contributed by atoms with Crippen molar-refractivity contribution in [3.8, 4) is 29.2 Å². The molecule has 2 aromatic carbocycles. The van der Waals surface area contributed by atoms with E-state index >= 15 is 0 Å². The third kappa shape index (κ3) is 8.70. The number of nitrogens with zero attached hydrogens (tertiary/aromatic N) is 9. The van der Waals surface area contributed by atoms with Gasteiger partial charge in [-0.1, -0.05) is 0 Å². The zero-order chi connectivity index (χ0) is 42.8. The maximum absolute atomic E-state index is 12.4. The number of aromatic amines is 2. The minimum Gasteiger partial charge on any atom is -0.481 e. The second-order valence-electron chi connectivity index (χ2n) is 15.6. The first-order valence-corrected chi connectivity index (χ1v) is 19.9. The van der Waals surface area contributed by atoms with E-state index in [2.05, 4.69) is 45.0 Å². The van der Waals surface area contributed by atoms with Crippen molar-refractivity contribution in [3.63, 3.8) is 0 Å². The van der Waals surface area contributed by atoms with E-state index in [1.165, 1.54) is 0 Å². The Bertz CT molecular complexity index is 2840. The fourth-order valence-electron chi connectivity index (χ4n) is 8.01. The molecule has 6 heterocycles. The molecular formula is C41H46N12O7. The summed E-state index contributed by atoms with van der Waals surface area (Å²) in [4.78, 5) is 97.3. The number of likely N-dealkylation sites (tertiary alicyclic amines) is 2. The van der Waals surface area contributed by atoms with Gasteiger partial charge in [0.15, 0.2) is 29.2 Å². The number of aliphatic carboxylic acids is 1. The molecule has 1 amide bonds. The second kappa shape index (κ2) is 17.3. The number of piperidine rings is 2. The molecule has 0 aromatic heterocycles. The van der Waals surface area contributed by atoms with Crippen molar-refractivity contribution in [2.75, 3.05) is 39.3 Å². The van der Waals surface area contributed by atoms with Gasteiger partial charge in [-0.25, -0.2) is 19.6 Å². The van der Waals surface area contributed by atoms with Gasteiger partial charge in [0, 0.05) is 32.1 Å². The van der Waals surface area contributed by atoms with Gasteiger partial charge in [-0.3, -0.25) is 34.5 Å². The Labute approximate surface area is 342 Å².